The number of ketones is 1. The van der Waals surface area contributed by atoms with Crippen molar-refractivity contribution in [3.05, 3.63) is 65.2 Å². The van der Waals surface area contributed by atoms with E-state index in [1.807, 2.05) is 50.2 Å². The van der Waals surface area contributed by atoms with E-state index in [9.17, 15) is 14.4 Å². The van der Waals surface area contributed by atoms with Crippen LogP contribution in [0.15, 0.2) is 48.5 Å². The first kappa shape index (κ1) is 24.1. The van der Waals surface area contributed by atoms with Gasteiger partial charge in [0.2, 0.25) is 5.91 Å². The molecular formula is C25H33N3O3. The van der Waals surface area contributed by atoms with Gasteiger partial charge in [0.15, 0.2) is 5.78 Å². The first-order valence-electron chi connectivity index (χ1n) is 10.8. The van der Waals surface area contributed by atoms with Crippen molar-refractivity contribution in [1.82, 2.24) is 10.6 Å². The smallest absolute Gasteiger partial charge is 0.319 e. The number of anilines is 1. The number of rotatable bonds is 10. The summed E-state index contributed by atoms with van der Waals surface area (Å²) < 4.78 is 0. The highest BCUT2D eigenvalue weighted by Gasteiger charge is 2.10. The van der Waals surface area contributed by atoms with Gasteiger partial charge in [0.1, 0.15) is 0 Å². The van der Waals surface area contributed by atoms with E-state index in [4.69, 9.17) is 0 Å². The molecule has 0 radical (unpaired) electrons. The molecule has 0 bridgehead atoms. The number of urea groups is 1. The molecular weight excluding hydrogens is 390 g/mol. The van der Waals surface area contributed by atoms with Crippen LogP contribution >= 0.6 is 0 Å². The molecule has 2 aromatic rings. The minimum atomic E-state index is -0.254. The number of benzene rings is 2. The van der Waals surface area contributed by atoms with E-state index < -0.39 is 0 Å². The fourth-order valence-corrected chi connectivity index (χ4v) is 3.09. The number of Topliss-reactive ketones (excluding diaryl/α,β-unsaturated/α-hetero) is 1. The Morgan fingerprint density at radius 2 is 1.42 bits per heavy atom. The molecule has 0 atom stereocenters. The van der Waals surface area contributed by atoms with Crippen LogP contribution in [0.3, 0.4) is 0 Å². The molecule has 3 amide bonds. The third-order valence-corrected chi connectivity index (χ3v) is 4.62. The Labute approximate surface area is 184 Å². The van der Waals surface area contributed by atoms with Gasteiger partial charge in [0.25, 0.3) is 0 Å². The van der Waals surface area contributed by atoms with Crippen molar-refractivity contribution in [3.63, 3.8) is 0 Å². The van der Waals surface area contributed by atoms with Crippen LogP contribution < -0.4 is 16.0 Å². The molecule has 0 unspecified atom stereocenters. The highest BCUT2D eigenvalue weighted by atomic mass is 16.2. The Kier molecular flexibility index (Phi) is 9.25. The molecule has 2 rings (SSSR count). The monoisotopic (exact) mass is 423 g/mol. The van der Waals surface area contributed by atoms with Gasteiger partial charge in [0, 0.05) is 36.7 Å². The zero-order valence-electron chi connectivity index (χ0n) is 18.8. The van der Waals surface area contributed by atoms with E-state index in [1.54, 1.807) is 12.1 Å². The Morgan fingerprint density at radius 3 is 2.00 bits per heavy atom. The predicted molar refractivity (Wildman–Crippen MR) is 124 cm³/mol. The average Bonchev–Trinajstić information content (AvgIpc) is 2.71. The van der Waals surface area contributed by atoms with Gasteiger partial charge in [-0.15, -0.1) is 0 Å². The SMILES string of the molecule is CC(C)Cc1ccc(C(=O)CCC(=O)NCc2ccc(NC(=O)NC(C)C)cc2)cc1. The fraction of sp³-hybridized carbons (Fsp3) is 0.400. The number of amides is 3. The lowest BCUT2D eigenvalue weighted by Crippen LogP contribution is -2.34. The third kappa shape index (κ3) is 9.03. The van der Waals surface area contributed by atoms with Gasteiger partial charge < -0.3 is 16.0 Å². The van der Waals surface area contributed by atoms with Crippen LogP contribution in [0.25, 0.3) is 0 Å². The maximum atomic E-state index is 12.3. The molecule has 0 aliphatic heterocycles. The first-order valence-corrected chi connectivity index (χ1v) is 10.8. The van der Waals surface area contributed by atoms with Crippen LogP contribution in [0.1, 0.15) is 62.0 Å². The van der Waals surface area contributed by atoms with Crippen LogP contribution in [0.4, 0.5) is 10.5 Å². The second kappa shape index (κ2) is 11.9. The molecule has 31 heavy (non-hydrogen) atoms. The van der Waals surface area contributed by atoms with Crippen molar-refractivity contribution in [2.45, 2.75) is 59.5 Å². The zero-order valence-corrected chi connectivity index (χ0v) is 18.8. The maximum absolute atomic E-state index is 12.3. The molecule has 6 heteroatoms. The quantitative estimate of drug-likeness (QED) is 0.484. The topological polar surface area (TPSA) is 87.3 Å². The Balaban J connectivity index is 1.74. The maximum Gasteiger partial charge on any atom is 0.319 e. The summed E-state index contributed by atoms with van der Waals surface area (Å²) in [5.74, 6) is 0.381. The van der Waals surface area contributed by atoms with Crippen molar-refractivity contribution >= 4 is 23.4 Å². The van der Waals surface area contributed by atoms with Crippen molar-refractivity contribution in [2.75, 3.05) is 5.32 Å². The van der Waals surface area contributed by atoms with E-state index in [2.05, 4.69) is 29.8 Å². The largest absolute Gasteiger partial charge is 0.352 e. The van der Waals surface area contributed by atoms with E-state index >= 15 is 0 Å². The summed E-state index contributed by atoms with van der Waals surface area (Å²) in [6.45, 7) is 8.48. The second-order valence-electron chi connectivity index (χ2n) is 8.44. The molecule has 6 nitrogen and oxygen atoms in total. The van der Waals surface area contributed by atoms with Crippen LogP contribution in [0.5, 0.6) is 0 Å². The highest BCUT2D eigenvalue weighted by molar-refractivity contribution is 5.98. The Hall–Kier alpha value is -3.15. The lowest BCUT2D eigenvalue weighted by Gasteiger charge is -2.11. The summed E-state index contributed by atoms with van der Waals surface area (Å²) in [6, 6.07) is 14.7. The molecule has 3 N–H and O–H groups in total. The molecule has 0 saturated heterocycles. The Bertz CT molecular complexity index is 872. The van der Waals surface area contributed by atoms with Crippen molar-refractivity contribution in [3.8, 4) is 0 Å². The van der Waals surface area contributed by atoms with E-state index in [0.29, 0.717) is 23.7 Å². The van der Waals surface area contributed by atoms with Gasteiger partial charge in [-0.05, 0) is 49.4 Å². The molecule has 0 aliphatic carbocycles. The summed E-state index contributed by atoms with van der Waals surface area (Å²) in [6.07, 6.45) is 1.32. The summed E-state index contributed by atoms with van der Waals surface area (Å²) in [5, 5.41) is 8.34. The number of hydrogen-bond donors (Lipinski definition) is 3. The van der Waals surface area contributed by atoms with Crippen molar-refractivity contribution in [2.24, 2.45) is 5.92 Å². The van der Waals surface area contributed by atoms with Crippen molar-refractivity contribution < 1.29 is 14.4 Å². The van der Waals surface area contributed by atoms with Gasteiger partial charge in [-0.3, -0.25) is 9.59 Å². The highest BCUT2D eigenvalue weighted by Crippen LogP contribution is 2.12. The molecule has 166 valence electrons. The van der Waals surface area contributed by atoms with Gasteiger partial charge in [-0.1, -0.05) is 50.2 Å². The lowest BCUT2D eigenvalue weighted by atomic mass is 9.99. The number of nitrogens with one attached hydrogen (secondary N) is 3. The molecule has 2 aromatic carbocycles. The van der Waals surface area contributed by atoms with Crippen LogP contribution in [-0.2, 0) is 17.8 Å². The van der Waals surface area contributed by atoms with Crippen molar-refractivity contribution in [1.29, 1.82) is 0 Å². The van der Waals surface area contributed by atoms with E-state index in [1.165, 1.54) is 5.56 Å². The molecule has 0 aliphatic rings. The minimum Gasteiger partial charge on any atom is -0.352 e. The number of carbonyl (C=O) groups excluding carboxylic acids is 3. The second-order valence-corrected chi connectivity index (χ2v) is 8.44. The summed E-state index contributed by atoms with van der Waals surface area (Å²) in [7, 11) is 0. The lowest BCUT2D eigenvalue weighted by molar-refractivity contribution is -0.121. The minimum absolute atomic E-state index is 0.0265. The number of hydrogen-bond acceptors (Lipinski definition) is 3. The standard InChI is InChI=1S/C25H33N3O3/c1-17(2)15-19-5-9-21(10-6-19)23(29)13-14-24(30)26-16-20-7-11-22(12-8-20)28-25(31)27-18(3)4/h5-12,17-18H,13-16H2,1-4H3,(H,26,30)(H2,27,28,31). The summed E-state index contributed by atoms with van der Waals surface area (Å²) in [4.78, 5) is 36.1. The molecule has 0 heterocycles. The van der Waals surface area contributed by atoms with Gasteiger partial charge >= 0.3 is 6.03 Å². The third-order valence-electron chi connectivity index (χ3n) is 4.62. The first-order chi connectivity index (χ1) is 14.7. The number of carbonyl (C=O) groups is 3. The van der Waals surface area contributed by atoms with Crippen LogP contribution in [-0.4, -0.2) is 23.8 Å². The predicted octanol–water partition coefficient (Wildman–Crippen LogP) is 4.69. The average molecular weight is 424 g/mol. The van der Waals surface area contributed by atoms with E-state index in [0.717, 1.165) is 12.0 Å². The van der Waals surface area contributed by atoms with E-state index in [-0.39, 0.29) is 36.6 Å². The molecule has 0 aromatic heterocycles. The van der Waals surface area contributed by atoms with Crippen LogP contribution in [0.2, 0.25) is 0 Å². The van der Waals surface area contributed by atoms with Crippen LogP contribution in [0, 0.1) is 5.92 Å². The normalized spacial score (nSPS) is 10.8. The zero-order chi connectivity index (χ0) is 22.8. The van der Waals surface area contributed by atoms with Gasteiger partial charge in [-0.25, -0.2) is 4.79 Å². The molecule has 0 spiro atoms. The Morgan fingerprint density at radius 1 is 0.806 bits per heavy atom. The molecule has 0 saturated carbocycles. The molecule has 0 fully saturated rings. The van der Waals surface area contributed by atoms with Gasteiger partial charge in [-0.2, -0.15) is 0 Å². The summed E-state index contributed by atoms with van der Waals surface area (Å²) >= 11 is 0. The summed E-state index contributed by atoms with van der Waals surface area (Å²) in [5.41, 5.74) is 3.45. The fourth-order valence-electron chi connectivity index (χ4n) is 3.09. The van der Waals surface area contributed by atoms with Gasteiger partial charge in [0.05, 0.1) is 0 Å².